The van der Waals surface area contributed by atoms with Gasteiger partial charge in [0.05, 0.1) is 11.6 Å². The van der Waals surface area contributed by atoms with E-state index in [4.69, 9.17) is 10.00 Å². The van der Waals surface area contributed by atoms with Crippen LogP contribution in [0.15, 0.2) is 24.3 Å². The molecule has 3 amide bonds. The minimum atomic E-state index is -0.439. The van der Waals surface area contributed by atoms with E-state index in [1.54, 1.807) is 24.3 Å². The van der Waals surface area contributed by atoms with Gasteiger partial charge in [0.15, 0.2) is 0 Å². The third-order valence-electron chi connectivity index (χ3n) is 2.89. The summed E-state index contributed by atoms with van der Waals surface area (Å²) in [5, 5.41) is 11.4. The lowest BCUT2D eigenvalue weighted by Crippen LogP contribution is -2.47. The number of morpholine rings is 1. The van der Waals surface area contributed by atoms with Crippen molar-refractivity contribution in [3.05, 3.63) is 29.8 Å². The second-order valence-corrected chi connectivity index (χ2v) is 4.42. The van der Waals surface area contributed by atoms with Crippen LogP contribution < -0.4 is 5.32 Å². The number of anilines is 1. The first-order valence-corrected chi connectivity index (χ1v) is 6.31. The number of hydrogen-bond acceptors (Lipinski definition) is 5. The zero-order chi connectivity index (χ0) is 15.2. The molecule has 7 heteroatoms. The Morgan fingerprint density at radius 2 is 2.05 bits per heavy atom. The van der Waals surface area contributed by atoms with Gasteiger partial charge >= 0.3 is 0 Å². The summed E-state index contributed by atoms with van der Waals surface area (Å²) in [7, 11) is 0. The van der Waals surface area contributed by atoms with Gasteiger partial charge in [0.2, 0.25) is 5.91 Å². The van der Waals surface area contributed by atoms with E-state index in [2.05, 4.69) is 5.32 Å². The predicted octanol–water partition coefficient (Wildman–Crippen LogP) is 0.272. The van der Waals surface area contributed by atoms with Crippen molar-refractivity contribution in [2.45, 2.75) is 6.42 Å². The number of carbonyl (C=O) groups excluding carboxylic acids is 3. The number of nitrogens with zero attached hydrogens (tertiary/aromatic N) is 2. The normalized spacial score (nSPS) is 14.7. The summed E-state index contributed by atoms with van der Waals surface area (Å²) in [4.78, 5) is 35.8. The highest BCUT2D eigenvalue weighted by molar-refractivity contribution is 5.99. The second-order valence-electron chi connectivity index (χ2n) is 4.42. The van der Waals surface area contributed by atoms with Gasteiger partial charge in [0, 0.05) is 18.7 Å². The number of hydrogen-bond donors (Lipinski definition) is 1. The van der Waals surface area contributed by atoms with Crippen molar-refractivity contribution >= 4 is 23.4 Å². The van der Waals surface area contributed by atoms with Gasteiger partial charge in [-0.2, -0.15) is 5.26 Å². The molecule has 0 unspecified atom stereocenters. The van der Waals surface area contributed by atoms with E-state index in [0.717, 1.165) is 4.90 Å². The van der Waals surface area contributed by atoms with Crippen molar-refractivity contribution in [3.8, 4) is 6.07 Å². The number of nitrogens with one attached hydrogen (secondary N) is 1. The van der Waals surface area contributed by atoms with Gasteiger partial charge in [0.1, 0.15) is 13.2 Å². The molecule has 0 spiro atoms. The summed E-state index contributed by atoms with van der Waals surface area (Å²) in [6.07, 6.45) is -0.00569. The average Bonchev–Trinajstić information content (AvgIpc) is 2.47. The lowest BCUT2D eigenvalue weighted by Gasteiger charge is -2.24. The SMILES string of the molecule is N#Cc1cccc(NC(=O)CCN2C(=O)COCC2=O)c1. The van der Waals surface area contributed by atoms with Crippen LogP contribution in [0.3, 0.4) is 0 Å². The van der Waals surface area contributed by atoms with Crippen molar-refractivity contribution in [2.75, 3.05) is 25.1 Å². The molecule has 1 N–H and O–H groups in total. The summed E-state index contributed by atoms with van der Waals surface area (Å²) in [6.45, 7) is -0.264. The second kappa shape index (κ2) is 6.63. The Hall–Kier alpha value is -2.72. The Kier molecular flexibility index (Phi) is 4.64. The number of rotatable bonds is 4. The average molecular weight is 287 g/mol. The number of nitriles is 1. The molecule has 0 atom stereocenters. The quantitative estimate of drug-likeness (QED) is 0.801. The fourth-order valence-electron chi connectivity index (χ4n) is 1.87. The van der Waals surface area contributed by atoms with E-state index < -0.39 is 11.8 Å². The number of benzene rings is 1. The van der Waals surface area contributed by atoms with E-state index in [1.807, 2.05) is 6.07 Å². The van der Waals surface area contributed by atoms with Crippen LogP contribution >= 0.6 is 0 Å². The highest BCUT2D eigenvalue weighted by atomic mass is 16.5. The van der Waals surface area contributed by atoms with Crippen LogP contribution in [0.1, 0.15) is 12.0 Å². The molecule has 1 aromatic carbocycles. The summed E-state index contributed by atoms with van der Waals surface area (Å²) in [6, 6.07) is 8.46. The number of imide groups is 1. The first-order chi connectivity index (χ1) is 10.1. The lowest BCUT2D eigenvalue weighted by molar-refractivity contribution is -0.158. The molecule has 108 valence electrons. The minimum Gasteiger partial charge on any atom is -0.362 e. The molecular weight excluding hydrogens is 274 g/mol. The van der Waals surface area contributed by atoms with E-state index in [0.29, 0.717) is 11.3 Å². The maximum absolute atomic E-state index is 11.8. The van der Waals surface area contributed by atoms with Crippen LogP contribution in [0.25, 0.3) is 0 Å². The molecule has 7 nitrogen and oxygen atoms in total. The van der Waals surface area contributed by atoms with Crippen LogP contribution in [0.5, 0.6) is 0 Å². The predicted molar refractivity (Wildman–Crippen MR) is 71.9 cm³/mol. The van der Waals surface area contributed by atoms with Gasteiger partial charge in [-0.25, -0.2) is 0 Å². The molecule has 0 radical (unpaired) electrons. The molecule has 1 fully saturated rings. The number of amides is 3. The van der Waals surface area contributed by atoms with Gasteiger partial charge in [-0.3, -0.25) is 19.3 Å². The third kappa shape index (κ3) is 3.87. The molecule has 0 bridgehead atoms. The minimum absolute atomic E-state index is 0.00569. The molecule has 2 rings (SSSR count). The Balaban J connectivity index is 1.88. The summed E-state index contributed by atoms with van der Waals surface area (Å²) >= 11 is 0. The molecule has 1 aliphatic rings. The van der Waals surface area contributed by atoms with Gasteiger partial charge in [-0.1, -0.05) is 6.07 Å². The van der Waals surface area contributed by atoms with Gasteiger partial charge in [0.25, 0.3) is 11.8 Å². The molecule has 0 aromatic heterocycles. The topological polar surface area (TPSA) is 99.5 Å². The van der Waals surface area contributed by atoms with Crippen molar-refractivity contribution in [3.63, 3.8) is 0 Å². The maximum atomic E-state index is 11.8. The van der Waals surface area contributed by atoms with E-state index >= 15 is 0 Å². The molecule has 21 heavy (non-hydrogen) atoms. The molecule has 0 saturated carbocycles. The molecular formula is C14H13N3O4. The van der Waals surface area contributed by atoms with Crippen LogP contribution in [-0.4, -0.2) is 42.4 Å². The summed E-state index contributed by atoms with van der Waals surface area (Å²) in [5.74, 6) is -1.21. The Labute approximate surface area is 121 Å². The van der Waals surface area contributed by atoms with Crippen molar-refractivity contribution < 1.29 is 19.1 Å². The van der Waals surface area contributed by atoms with E-state index in [-0.39, 0.29) is 32.1 Å². The van der Waals surface area contributed by atoms with Crippen molar-refractivity contribution in [1.82, 2.24) is 4.90 Å². The zero-order valence-corrected chi connectivity index (χ0v) is 11.2. The molecule has 1 aromatic rings. The summed E-state index contributed by atoms with van der Waals surface area (Å²) in [5.41, 5.74) is 0.935. The largest absolute Gasteiger partial charge is 0.362 e. The van der Waals surface area contributed by atoms with E-state index in [9.17, 15) is 14.4 Å². The van der Waals surface area contributed by atoms with Crippen LogP contribution in [0, 0.1) is 11.3 Å². The zero-order valence-electron chi connectivity index (χ0n) is 11.2. The Morgan fingerprint density at radius 1 is 1.33 bits per heavy atom. The van der Waals surface area contributed by atoms with Gasteiger partial charge < -0.3 is 10.1 Å². The number of ether oxygens (including phenoxy) is 1. The molecule has 1 saturated heterocycles. The van der Waals surface area contributed by atoms with E-state index in [1.165, 1.54) is 0 Å². The molecule has 1 heterocycles. The monoisotopic (exact) mass is 287 g/mol. The van der Waals surface area contributed by atoms with Crippen molar-refractivity contribution in [2.24, 2.45) is 0 Å². The molecule has 1 aliphatic heterocycles. The first kappa shape index (κ1) is 14.7. The van der Waals surface area contributed by atoms with Gasteiger partial charge in [-0.15, -0.1) is 0 Å². The highest BCUT2D eigenvalue weighted by Crippen LogP contribution is 2.10. The maximum Gasteiger partial charge on any atom is 0.255 e. The van der Waals surface area contributed by atoms with Crippen molar-refractivity contribution in [1.29, 1.82) is 5.26 Å². The molecule has 0 aliphatic carbocycles. The Morgan fingerprint density at radius 3 is 2.71 bits per heavy atom. The number of carbonyl (C=O) groups is 3. The van der Waals surface area contributed by atoms with Crippen LogP contribution in [0.4, 0.5) is 5.69 Å². The fourth-order valence-corrected chi connectivity index (χ4v) is 1.87. The first-order valence-electron chi connectivity index (χ1n) is 6.31. The lowest BCUT2D eigenvalue weighted by atomic mass is 10.2. The van der Waals surface area contributed by atoms with Crippen LogP contribution in [0.2, 0.25) is 0 Å². The third-order valence-corrected chi connectivity index (χ3v) is 2.89. The summed E-state index contributed by atoms with van der Waals surface area (Å²) < 4.78 is 4.78. The Bertz CT molecular complexity index is 605. The highest BCUT2D eigenvalue weighted by Gasteiger charge is 2.26. The van der Waals surface area contributed by atoms with Gasteiger partial charge in [-0.05, 0) is 18.2 Å². The standard InChI is InChI=1S/C14H13N3O4/c15-7-10-2-1-3-11(6-10)16-12(18)4-5-17-13(19)8-21-9-14(17)20/h1-3,6H,4-5,8-9H2,(H,16,18). The van der Waals surface area contributed by atoms with Crippen LogP contribution in [-0.2, 0) is 19.1 Å². The smallest absolute Gasteiger partial charge is 0.255 e. The fraction of sp³-hybridized carbons (Fsp3) is 0.286.